The molecule has 1 heterocycles. The average Bonchev–Trinajstić information content (AvgIpc) is 3.38. The van der Waals surface area contributed by atoms with E-state index in [4.69, 9.17) is 13.9 Å². The van der Waals surface area contributed by atoms with Crippen molar-refractivity contribution in [2.45, 2.75) is 44.9 Å². The molecule has 43 heavy (non-hydrogen) atoms. The number of ether oxygens (including phenoxy) is 2. The lowest BCUT2D eigenvalue weighted by Crippen LogP contribution is -2.45. The molecule has 0 bridgehead atoms. The second kappa shape index (κ2) is 11.9. The largest absolute Gasteiger partial charge is 0.468 e. The molecule has 0 saturated carbocycles. The number of esters is 2. The van der Waals surface area contributed by atoms with Crippen molar-refractivity contribution in [1.82, 2.24) is 0 Å². The van der Waals surface area contributed by atoms with E-state index in [0.717, 1.165) is 69.6 Å². The van der Waals surface area contributed by atoms with Gasteiger partial charge in [-0.2, -0.15) is 0 Å². The van der Waals surface area contributed by atoms with Gasteiger partial charge in [0.2, 0.25) is 0 Å². The van der Waals surface area contributed by atoms with Crippen molar-refractivity contribution in [3.8, 4) is 11.3 Å². The van der Waals surface area contributed by atoms with E-state index in [1.54, 1.807) is 0 Å². The Morgan fingerprint density at radius 1 is 0.814 bits per heavy atom. The fraction of sp³-hybridized carbons (Fsp3) is 0.263. The molecule has 0 amide bonds. The molecule has 2 aliphatic carbocycles. The Bertz CT molecular complexity index is 1680. The lowest BCUT2D eigenvalue weighted by atomic mass is 9.68. The number of carbonyl (C=O) groups excluding carboxylic acids is 2. The molecule has 6 rings (SSSR count). The zero-order chi connectivity index (χ0) is 30.0. The third kappa shape index (κ3) is 4.93. The normalized spacial score (nSPS) is 17.0. The molecule has 0 radical (unpaired) electrons. The van der Waals surface area contributed by atoms with Crippen LogP contribution in [-0.2, 0) is 25.5 Å². The van der Waals surface area contributed by atoms with Gasteiger partial charge in [-0.1, -0.05) is 110 Å². The summed E-state index contributed by atoms with van der Waals surface area (Å²) in [4.78, 5) is 27.2. The average molecular weight is 573 g/mol. The van der Waals surface area contributed by atoms with E-state index >= 15 is 0 Å². The highest BCUT2D eigenvalue weighted by Gasteiger charge is 2.55. The summed E-state index contributed by atoms with van der Waals surface area (Å²) >= 11 is 0. The third-order valence-corrected chi connectivity index (χ3v) is 8.81. The van der Waals surface area contributed by atoms with Gasteiger partial charge in [-0.15, -0.1) is 0 Å². The number of benzene rings is 3. The minimum Gasteiger partial charge on any atom is -0.468 e. The van der Waals surface area contributed by atoms with Crippen LogP contribution in [0.2, 0.25) is 0 Å². The molecule has 0 fully saturated rings. The molecule has 1 atom stereocenters. The summed E-state index contributed by atoms with van der Waals surface area (Å²) in [6.45, 7) is 2.18. The van der Waals surface area contributed by atoms with E-state index < -0.39 is 17.4 Å². The Labute approximate surface area is 252 Å². The van der Waals surface area contributed by atoms with E-state index in [9.17, 15) is 9.59 Å². The van der Waals surface area contributed by atoms with Gasteiger partial charge in [-0.3, -0.25) is 9.59 Å². The van der Waals surface area contributed by atoms with Crippen molar-refractivity contribution in [3.63, 3.8) is 0 Å². The number of allylic oxidation sites excluding steroid dienone is 4. The Balaban J connectivity index is 1.75. The quantitative estimate of drug-likeness (QED) is 0.157. The number of rotatable bonds is 8. The molecule has 5 heteroatoms. The Kier molecular flexibility index (Phi) is 7.90. The topological polar surface area (TPSA) is 65.7 Å². The van der Waals surface area contributed by atoms with E-state index in [2.05, 4.69) is 61.5 Å². The van der Waals surface area contributed by atoms with Crippen LogP contribution in [0.5, 0.6) is 0 Å². The van der Waals surface area contributed by atoms with Crippen LogP contribution in [0.25, 0.3) is 22.5 Å². The Morgan fingerprint density at radius 2 is 1.40 bits per heavy atom. The van der Waals surface area contributed by atoms with Gasteiger partial charge in [-0.05, 0) is 40.7 Å². The van der Waals surface area contributed by atoms with Gasteiger partial charge in [0.25, 0.3) is 0 Å². The number of hydrogen-bond acceptors (Lipinski definition) is 5. The predicted molar refractivity (Wildman–Crippen MR) is 168 cm³/mol. The lowest BCUT2D eigenvalue weighted by Gasteiger charge is -2.34. The lowest BCUT2D eigenvalue weighted by molar-refractivity contribution is -0.169. The summed E-state index contributed by atoms with van der Waals surface area (Å²) < 4.78 is 17.4. The standard InChI is InChI=1S/C38H36O5/c1-4-5-21-28-29(25-15-9-6-10-16-25)22-30(26-17-11-7-12-18-26)34-33-31(28)23-38(36(39)41-2,37(40)42-3)24-32(33)43-35(34)27-19-13-8-14-20-27/h6-20,22,30H,4-5,21,23-24H2,1-3H3. The summed E-state index contributed by atoms with van der Waals surface area (Å²) in [5.41, 5.74) is 6.90. The number of hydrogen-bond donors (Lipinski definition) is 0. The molecule has 1 aromatic heterocycles. The monoisotopic (exact) mass is 572 g/mol. The highest BCUT2D eigenvalue weighted by molar-refractivity contribution is 6.05. The molecule has 3 aromatic carbocycles. The van der Waals surface area contributed by atoms with E-state index in [1.807, 2.05) is 42.5 Å². The maximum Gasteiger partial charge on any atom is 0.324 e. The molecule has 1 unspecified atom stereocenters. The summed E-state index contributed by atoms with van der Waals surface area (Å²) in [6.07, 6.45) is 5.34. The van der Waals surface area contributed by atoms with Crippen LogP contribution in [0, 0.1) is 5.41 Å². The zero-order valence-corrected chi connectivity index (χ0v) is 24.9. The number of unbranched alkanes of at least 4 members (excludes halogenated alkanes) is 1. The predicted octanol–water partition coefficient (Wildman–Crippen LogP) is 8.40. The fourth-order valence-electron chi connectivity index (χ4n) is 6.76. The zero-order valence-electron chi connectivity index (χ0n) is 24.9. The molecular weight excluding hydrogens is 536 g/mol. The van der Waals surface area contributed by atoms with Crippen molar-refractivity contribution in [2.75, 3.05) is 14.2 Å². The summed E-state index contributed by atoms with van der Waals surface area (Å²) in [5.74, 6) is 0.0183. The highest BCUT2D eigenvalue weighted by Crippen LogP contribution is 2.56. The van der Waals surface area contributed by atoms with Gasteiger partial charge >= 0.3 is 11.9 Å². The van der Waals surface area contributed by atoms with Gasteiger partial charge < -0.3 is 13.9 Å². The Hall–Kier alpha value is -4.64. The minimum absolute atomic E-state index is 0.0637. The summed E-state index contributed by atoms with van der Waals surface area (Å²) in [5, 5.41) is 0. The van der Waals surface area contributed by atoms with Crippen molar-refractivity contribution < 1.29 is 23.5 Å². The molecule has 4 aromatic rings. The van der Waals surface area contributed by atoms with Crippen LogP contribution < -0.4 is 0 Å². The maximum absolute atomic E-state index is 13.6. The van der Waals surface area contributed by atoms with Crippen LogP contribution in [0.3, 0.4) is 0 Å². The molecule has 0 N–H and O–H groups in total. The van der Waals surface area contributed by atoms with E-state index in [1.165, 1.54) is 14.2 Å². The molecule has 0 spiro atoms. The molecule has 0 saturated heterocycles. The third-order valence-electron chi connectivity index (χ3n) is 8.81. The molecular formula is C38H36O5. The van der Waals surface area contributed by atoms with Crippen molar-refractivity contribution in [2.24, 2.45) is 5.41 Å². The van der Waals surface area contributed by atoms with Gasteiger partial charge in [0.05, 0.1) is 14.2 Å². The highest BCUT2D eigenvalue weighted by atomic mass is 16.5. The summed E-state index contributed by atoms with van der Waals surface area (Å²) in [6, 6.07) is 31.0. The van der Waals surface area contributed by atoms with Crippen LogP contribution in [0.1, 0.15) is 66.5 Å². The number of methoxy groups -OCH3 is 2. The van der Waals surface area contributed by atoms with Gasteiger partial charge in [-0.25, -0.2) is 0 Å². The van der Waals surface area contributed by atoms with Crippen LogP contribution in [-0.4, -0.2) is 26.2 Å². The smallest absolute Gasteiger partial charge is 0.324 e. The number of furan rings is 1. The molecule has 5 nitrogen and oxygen atoms in total. The van der Waals surface area contributed by atoms with Crippen molar-refractivity contribution >= 4 is 23.1 Å². The van der Waals surface area contributed by atoms with Gasteiger partial charge in [0.15, 0.2) is 5.41 Å². The first-order valence-corrected chi connectivity index (χ1v) is 14.9. The molecule has 218 valence electrons. The van der Waals surface area contributed by atoms with Gasteiger partial charge in [0, 0.05) is 35.4 Å². The fourth-order valence-corrected chi connectivity index (χ4v) is 6.76. The molecule has 2 aliphatic rings. The maximum atomic E-state index is 13.6. The first-order valence-electron chi connectivity index (χ1n) is 14.9. The number of carbonyl (C=O) groups is 2. The first-order chi connectivity index (χ1) is 21.0. The second-order valence-electron chi connectivity index (χ2n) is 11.3. The van der Waals surface area contributed by atoms with E-state index in [0.29, 0.717) is 5.76 Å². The van der Waals surface area contributed by atoms with Crippen LogP contribution in [0.4, 0.5) is 0 Å². The SMILES string of the molecule is CCCCC1=C2CC(C(=O)OC)(C(=O)OC)Cc3oc(-c4ccccc4)c(c32)C(c2ccccc2)C=C1c1ccccc1. The second-order valence-corrected chi connectivity index (χ2v) is 11.3. The van der Waals surface area contributed by atoms with E-state index in [-0.39, 0.29) is 18.8 Å². The van der Waals surface area contributed by atoms with Crippen LogP contribution >= 0.6 is 0 Å². The van der Waals surface area contributed by atoms with Gasteiger partial charge in [0.1, 0.15) is 11.5 Å². The minimum atomic E-state index is -1.55. The summed E-state index contributed by atoms with van der Waals surface area (Å²) in [7, 11) is 2.65. The van der Waals surface area contributed by atoms with Crippen molar-refractivity contribution in [1.29, 1.82) is 0 Å². The van der Waals surface area contributed by atoms with Crippen LogP contribution in [0.15, 0.2) is 107 Å². The first kappa shape index (κ1) is 28.5. The molecule has 0 aliphatic heterocycles. The Morgan fingerprint density at radius 3 is 1.98 bits per heavy atom. The van der Waals surface area contributed by atoms with Crippen molar-refractivity contribution in [3.05, 3.63) is 131 Å².